The van der Waals surface area contributed by atoms with Gasteiger partial charge in [-0.3, -0.25) is 0 Å². The Balaban J connectivity index is 2.26. The van der Waals surface area contributed by atoms with Crippen LogP contribution in [0.4, 0.5) is 0 Å². The second-order valence-electron chi connectivity index (χ2n) is 4.38. The molecule has 0 unspecified atom stereocenters. The highest BCUT2D eigenvalue weighted by Gasteiger charge is 2.04. The Labute approximate surface area is 106 Å². The summed E-state index contributed by atoms with van der Waals surface area (Å²) in [6.07, 6.45) is 0. The molecule has 0 amide bonds. The Kier molecular flexibility index (Phi) is 2.83. The van der Waals surface area contributed by atoms with Gasteiger partial charge in [-0.2, -0.15) is 0 Å². The predicted molar refractivity (Wildman–Crippen MR) is 75.3 cm³/mol. The summed E-state index contributed by atoms with van der Waals surface area (Å²) in [5.74, 6) is 0. The van der Waals surface area contributed by atoms with Crippen molar-refractivity contribution < 1.29 is 5.11 Å². The highest BCUT2D eigenvalue weighted by atomic mass is 16.3. The minimum absolute atomic E-state index is 0.0706. The van der Waals surface area contributed by atoms with Crippen molar-refractivity contribution in [3.05, 3.63) is 72.3 Å². The lowest BCUT2D eigenvalue weighted by molar-refractivity contribution is 0.283. The number of fused-ring (bicyclic) bond motifs is 1. The third kappa shape index (κ3) is 1.89. The Bertz CT molecular complexity index is 672. The molecule has 0 heterocycles. The van der Waals surface area contributed by atoms with Crippen molar-refractivity contribution in [1.82, 2.24) is 0 Å². The van der Waals surface area contributed by atoms with Crippen molar-refractivity contribution in [3.63, 3.8) is 0 Å². The highest BCUT2D eigenvalue weighted by molar-refractivity contribution is 5.90. The van der Waals surface area contributed by atoms with Gasteiger partial charge in [0.1, 0.15) is 0 Å². The van der Waals surface area contributed by atoms with Crippen molar-refractivity contribution in [2.24, 2.45) is 0 Å². The predicted octanol–water partition coefficient (Wildman–Crippen LogP) is 4.00. The van der Waals surface area contributed by atoms with Gasteiger partial charge in [-0.1, -0.05) is 54.6 Å². The van der Waals surface area contributed by atoms with Gasteiger partial charge in [0.15, 0.2) is 0 Å². The maximum atomic E-state index is 9.51. The minimum atomic E-state index is 0.0706. The monoisotopic (exact) mass is 234 g/mol. The average Bonchev–Trinajstić information content (AvgIpc) is 2.47. The Morgan fingerprint density at radius 3 is 2.22 bits per heavy atom. The van der Waals surface area contributed by atoms with Crippen LogP contribution in [-0.4, -0.2) is 5.11 Å². The lowest BCUT2D eigenvalue weighted by Crippen LogP contribution is -1.88. The van der Waals surface area contributed by atoms with Crippen LogP contribution in [0.25, 0.3) is 21.9 Å². The molecule has 0 spiro atoms. The van der Waals surface area contributed by atoms with E-state index in [0.29, 0.717) is 0 Å². The molecule has 3 aromatic carbocycles. The van der Waals surface area contributed by atoms with Crippen molar-refractivity contribution in [3.8, 4) is 11.1 Å². The molecule has 3 aromatic rings. The molecule has 0 atom stereocenters. The SMILES string of the molecule is OCc1cc(-c2ccccc2)cc2ccccc12. The molecule has 88 valence electrons. The van der Waals surface area contributed by atoms with Gasteiger partial charge in [0.2, 0.25) is 0 Å². The third-order valence-electron chi connectivity index (χ3n) is 3.22. The fourth-order valence-corrected chi connectivity index (χ4v) is 2.32. The van der Waals surface area contributed by atoms with E-state index in [1.165, 1.54) is 10.9 Å². The largest absolute Gasteiger partial charge is 0.392 e. The van der Waals surface area contributed by atoms with Crippen molar-refractivity contribution in [2.75, 3.05) is 0 Å². The molecule has 1 heteroatoms. The van der Waals surface area contributed by atoms with E-state index in [9.17, 15) is 5.11 Å². The Hall–Kier alpha value is -2.12. The lowest BCUT2D eigenvalue weighted by Gasteiger charge is -2.08. The third-order valence-corrected chi connectivity index (χ3v) is 3.22. The first kappa shape index (κ1) is 11.0. The molecule has 0 radical (unpaired) electrons. The van der Waals surface area contributed by atoms with E-state index in [-0.39, 0.29) is 6.61 Å². The number of aliphatic hydroxyl groups excluding tert-OH is 1. The number of rotatable bonds is 2. The van der Waals surface area contributed by atoms with Crippen LogP contribution in [0.1, 0.15) is 5.56 Å². The first-order valence-corrected chi connectivity index (χ1v) is 6.06. The van der Waals surface area contributed by atoms with E-state index in [0.717, 1.165) is 16.5 Å². The first-order valence-electron chi connectivity index (χ1n) is 6.06. The molecule has 0 aromatic heterocycles. The smallest absolute Gasteiger partial charge is 0.0688 e. The molecule has 0 bridgehead atoms. The first-order chi connectivity index (χ1) is 8.88. The second kappa shape index (κ2) is 4.63. The van der Waals surface area contributed by atoms with E-state index in [1.54, 1.807) is 0 Å². The number of aliphatic hydroxyl groups is 1. The minimum Gasteiger partial charge on any atom is -0.392 e. The maximum Gasteiger partial charge on any atom is 0.0688 e. The van der Waals surface area contributed by atoms with Crippen LogP contribution in [0.5, 0.6) is 0 Å². The van der Waals surface area contributed by atoms with E-state index in [1.807, 2.05) is 30.3 Å². The molecule has 1 N–H and O–H groups in total. The summed E-state index contributed by atoms with van der Waals surface area (Å²) < 4.78 is 0. The normalized spacial score (nSPS) is 10.7. The van der Waals surface area contributed by atoms with Crippen molar-refractivity contribution >= 4 is 10.8 Å². The molecule has 0 saturated carbocycles. The van der Waals surface area contributed by atoms with Crippen LogP contribution in [0.2, 0.25) is 0 Å². The molecule has 1 nitrogen and oxygen atoms in total. The van der Waals surface area contributed by atoms with Gasteiger partial charge in [-0.15, -0.1) is 0 Å². The molecule has 0 saturated heterocycles. The maximum absolute atomic E-state index is 9.51. The van der Waals surface area contributed by atoms with Crippen LogP contribution in [0.3, 0.4) is 0 Å². The van der Waals surface area contributed by atoms with Gasteiger partial charge in [0.05, 0.1) is 6.61 Å². The Morgan fingerprint density at radius 2 is 1.44 bits per heavy atom. The van der Waals surface area contributed by atoms with Gasteiger partial charge in [-0.25, -0.2) is 0 Å². The zero-order valence-corrected chi connectivity index (χ0v) is 10.0. The molecular weight excluding hydrogens is 220 g/mol. The molecular formula is C17H14O. The van der Waals surface area contributed by atoms with Crippen LogP contribution < -0.4 is 0 Å². The lowest BCUT2D eigenvalue weighted by atomic mass is 9.97. The van der Waals surface area contributed by atoms with Crippen molar-refractivity contribution in [2.45, 2.75) is 6.61 Å². The second-order valence-corrected chi connectivity index (χ2v) is 4.38. The summed E-state index contributed by atoms with van der Waals surface area (Å²) in [5.41, 5.74) is 3.31. The molecule has 3 rings (SSSR count). The quantitative estimate of drug-likeness (QED) is 0.710. The standard InChI is InChI=1S/C17H14O/c18-12-16-11-15(13-6-2-1-3-7-13)10-14-8-4-5-9-17(14)16/h1-11,18H,12H2. The van der Waals surface area contributed by atoms with E-state index >= 15 is 0 Å². The number of benzene rings is 3. The molecule has 0 fully saturated rings. The molecule has 18 heavy (non-hydrogen) atoms. The van der Waals surface area contributed by atoms with Gasteiger partial charge in [0, 0.05) is 0 Å². The summed E-state index contributed by atoms with van der Waals surface area (Å²) >= 11 is 0. The van der Waals surface area contributed by atoms with Crippen LogP contribution in [-0.2, 0) is 6.61 Å². The molecule has 0 aliphatic heterocycles. The number of hydrogen-bond donors (Lipinski definition) is 1. The topological polar surface area (TPSA) is 20.2 Å². The zero-order valence-electron chi connectivity index (χ0n) is 10.0. The molecule has 0 aliphatic carbocycles. The summed E-state index contributed by atoms with van der Waals surface area (Å²) in [4.78, 5) is 0. The fraction of sp³-hybridized carbons (Fsp3) is 0.0588. The number of hydrogen-bond acceptors (Lipinski definition) is 1. The van der Waals surface area contributed by atoms with E-state index < -0.39 is 0 Å². The zero-order chi connectivity index (χ0) is 12.4. The summed E-state index contributed by atoms with van der Waals surface area (Å²) in [6, 6.07) is 22.7. The van der Waals surface area contributed by atoms with E-state index in [4.69, 9.17) is 0 Å². The Morgan fingerprint density at radius 1 is 0.722 bits per heavy atom. The summed E-state index contributed by atoms with van der Waals surface area (Å²) in [5, 5.41) is 11.8. The highest BCUT2D eigenvalue weighted by Crippen LogP contribution is 2.27. The summed E-state index contributed by atoms with van der Waals surface area (Å²) in [7, 11) is 0. The van der Waals surface area contributed by atoms with Crippen LogP contribution >= 0.6 is 0 Å². The van der Waals surface area contributed by atoms with Crippen molar-refractivity contribution in [1.29, 1.82) is 0 Å². The average molecular weight is 234 g/mol. The van der Waals surface area contributed by atoms with E-state index in [2.05, 4.69) is 36.4 Å². The fourth-order valence-electron chi connectivity index (χ4n) is 2.32. The van der Waals surface area contributed by atoms with Crippen LogP contribution in [0.15, 0.2) is 66.7 Å². The molecule has 0 aliphatic rings. The van der Waals surface area contributed by atoms with Gasteiger partial charge in [-0.05, 0) is 39.6 Å². The van der Waals surface area contributed by atoms with Crippen LogP contribution in [0, 0.1) is 0 Å². The van der Waals surface area contributed by atoms with Gasteiger partial charge in [0.25, 0.3) is 0 Å². The van der Waals surface area contributed by atoms with Gasteiger partial charge >= 0.3 is 0 Å². The van der Waals surface area contributed by atoms with Gasteiger partial charge < -0.3 is 5.11 Å². The summed E-state index contributed by atoms with van der Waals surface area (Å²) in [6.45, 7) is 0.0706.